The van der Waals surface area contributed by atoms with Crippen molar-refractivity contribution < 1.29 is 18.3 Å². The molecule has 3 N–H and O–H groups in total. The van der Waals surface area contributed by atoms with Crippen molar-refractivity contribution in [3.8, 4) is 5.75 Å². The van der Waals surface area contributed by atoms with Gasteiger partial charge in [0.05, 0.1) is 0 Å². The van der Waals surface area contributed by atoms with Gasteiger partial charge in [-0.1, -0.05) is 0 Å². The summed E-state index contributed by atoms with van der Waals surface area (Å²) in [5.74, 6) is 1.21. The number of nitrogens with zero attached hydrogens (tertiary/aromatic N) is 2. The van der Waals surface area contributed by atoms with Crippen LogP contribution >= 0.6 is 11.6 Å². The van der Waals surface area contributed by atoms with Gasteiger partial charge < -0.3 is 0 Å². The molecular weight excluding hydrogens is 587 g/mol. The molecule has 204 valence electrons. The fourth-order valence-electron chi connectivity index (χ4n) is 4.51. The van der Waals surface area contributed by atoms with Gasteiger partial charge in [0.1, 0.15) is 0 Å². The number of methoxy groups -OCH3 is 1. The number of sulfone groups is 1. The molecule has 2 atom stereocenters. The molecule has 1 aliphatic carbocycles. The van der Waals surface area contributed by atoms with E-state index in [1.807, 2.05) is 0 Å². The number of aromatic nitrogens is 2. The van der Waals surface area contributed by atoms with Gasteiger partial charge in [-0.2, -0.15) is 0 Å². The summed E-state index contributed by atoms with van der Waals surface area (Å²) in [6, 6.07) is 11.5. The predicted molar refractivity (Wildman–Crippen MR) is 154 cm³/mol. The third kappa shape index (κ3) is 6.69. The molecule has 0 aliphatic heterocycles. The van der Waals surface area contributed by atoms with Crippen LogP contribution in [0.5, 0.6) is 5.75 Å². The topological polar surface area (TPSA) is 113 Å². The molecule has 11 heteroatoms. The Kier molecular flexibility index (Phi) is 9.71. The molecule has 38 heavy (non-hydrogen) atoms. The number of aliphatic hydroxyl groups excluding tert-OH is 1. The van der Waals surface area contributed by atoms with Crippen molar-refractivity contribution in [1.82, 2.24) is 15.3 Å². The quantitative estimate of drug-likeness (QED) is 0.234. The van der Waals surface area contributed by atoms with Gasteiger partial charge in [-0.25, -0.2) is 0 Å². The van der Waals surface area contributed by atoms with E-state index in [9.17, 15) is 8.42 Å². The van der Waals surface area contributed by atoms with Crippen LogP contribution in [0.1, 0.15) is 37.8 Å². The van der Waals surface area contributed by atoms with Crippen LogP contribution in [0.2, 0.25) is 5.02 Å². The minimum atomic E-state index is -3.50. The molecular formula is C27H34AsClN4O4S. The standard InChI is InChI=1S/C27H34AsClN4O4S/c1-17(2)38(35,36)25-7-5-4-6-23(25)32-26-22(29)16-31-27(33-26)28-21-14-18-8-10-20(30-12-13-34)11-9-19(18)15-24(21)37-3/h4-7,14-17,20,28,30,34H,8-13H2,1-3H3,(H,31,32,33). The Morgan fingerprint density at radius 1 is 1.18 bits per heavy atom. The molecule has 2 unspecified atom stereocenters. The van der Waals surface area contributed by atoms with Gasteiger partial charge in [-0.15, -0.1) is 0 Å². The first kappa shape index (κ1) is 28.8. The number of rotatable bonds is 10. The Morgan fingerprint density at radius 3 is 2.58 bits per heavy atom. The van der Waals surface area contributed by atoms with E-state index in [1.54, 1.807) is 51.4 Å². The molecule has 0 spiro atoms. The zero-order chi connectivity index (χ0) is 27.3. The van der Waals surface area contributed by atoms with E-state index in [0.717, 1.165) is 35.8 Å². The number of ether oxygens (including phenoxy) is 1. The van der Waals surface area contributed by atoms with Gasteiger partial charge in [-0.05, 0) is 0 Å². The van der Waals surface area contributed by atoms with Crippen molar-refractivity contribution in [2.24, 2.45) is 0 Å². The van der Waals surface area contributed by atoms with Crippen molar-refractivity contribution in [3.05, 3.63) is 58.7 Å². The van der Waals surface area contributed by atoms with E-state index in [0.29, 0.717) is 33.7 Å². The minimum absolute atomic E-state index is 0.142. The van der Waals surface area contributed by atoms with Crippen molar-refractivity contribution >= 4 is 57.7 Å². The van der Waals surface area contributed by atoms with Crippen LogP contribution in [0.25, 0.3) is 0 Å². The van der Waals surface area contributed by atoms with Gasteiger partial charge in [0, 0.05) is 0 Å². The average molecular weight is 621 g/mol. The van der Waals surface area contributed by atoms with Crippen molar-refractivity contribution in [2.75, 3.05) is 25.6 Å². The second-order valence-corrected chi connectivity index (χ2v) is 15.0. The molecule has 1 heterocycles. The summed E-state index contributed by atoms with van der Waals surface area (Å²) in [5.41, 5.74) is 3.05. The number of hydrogen-bond donors (Lipinski definition) is 3. The zero-order valence-corrected chi connectivity index (χ0v) is 25.5. The molecule has 1 aliphatic rings. The van der Waals surface area contributed by atoms with Gasteiger partial charge in [-0.3, -0.25) is 0 Å². The van der Waals surface area contributed by atoms with Crippen molar-refractivity contribution in [1.29, 1.82) is 0 Å². The third-order valence-corrected chi connectivity index (χ3v) is 11.5. The molecule has 4 rings (SSSR count). The summed E-state index contributed by atoms with van der Waals surface area (Å²) in [7, 11) is -1.82. The summed E-state index contributed by atoms with van der Waals surface area (Å²) < 4.78 is 33.3. The number of para-hydroxylation sites is 1. The number of benzene rings is 2. The molecule has 0 bridgehead atoms. The van der Waals surface area contributed by atoms with Crippen LogP contribution in [-0.4, -0.2) is 70.8 Å². The maximum atomic E-state index is 12.9. The second-order valence-electron chi connectivity index (χ2n) is 9.50. The fraction of sp³-hybridized carbons (Fsp3) is 0.407. The Labute approximate surface area is 236 Å². The summed E-state index contributed by atoms with van der Waals surface area (Å²) in [6.07, 6.45) is 5.51. The van der Waals surface area contributed by atoms with Crippen molar-refractivity contribution in [2.45, 2.75) is 55.7 Å². The number of hydrogen-bond acceptors (Lipinski definition) is 8. The first-order valence-corrected chi connectivity index (χ1v) is 16.7. The summed E-state index contributed by atoms with van der Waals surface area (Å²) in [4.78, 5) is 9.40. The van der Waals surface area contributed by atoms with E-state index in [4.69, 9.17) is 26.4 Å². The third-order valence-electron chi connectivity index (χ3n) is 6.65. The van der Waals surface area contributed by atoms with Crippen LogP contribution < -0.4 is 24.3 Å². The van der Waals surface area contributed by atoms with Crippen LogP contribution in [0.4, 0.5) is 11.5 Å². The SMILES string of the molecule is COc1cc2c(cc1[AsH]c1ncc(Cl)c(Nc3ccccc3S(=O)(=O)C(C)C)n1)CCC(NCCO)CC2. The van der Waals surface area contributed by atoms with E-state index < -0.39 is 30.8 Å². The summed E-state index contributed by atoms with van der Waals surface area (Å²) in [6.45, 7) is 4.07. The van der Waals surface area contributed by atoms with E-state index in [-0.39, 0.29) is 11.5 Å². The van der Waals surface area contributed by atoms with Crippen LogP contribution in [-0.2, 0) is 22.7 Å². The number of aryl methyl sites for hydroxylation is 2. The van der Waals surface area contributed by atoms with E-state index in [1.165, 1.54) is 11.1 Å². The first-order valence-electron chi connectivity index (χ1n) is 12.7. The first-order chi connectivity index (χ1) is 18.2. The molecule has 3 aromatic rings. The monoisotopic (exact) mass is 620 g/mol. The molecule has 0 amide bonds. The van der Waals surface area contributed by atoms with Gasteiger partial charge >= 0.3 is 237 Å². The Balaban J connectivity index is 1.60. The normalized spacial score (nSPS) is 16.0. The van der Waals surface area contributed by atoms with Gasteiger partial charge in [0.2, 0.25) is 0 Å². The second kappa shape index (κ2) is 12.8. The zero-order valence-electron chi connectivity index (χ0n) is 21.8. The fourth-order valence-corrected chi connectivity index (χ4v) is 8.12. The summed E-state index contributed by atoms with van der Waals surface area (Å²) >= 11 is 5.46. The average Bonchev–Trinajstić information content (AvgIpc) is 3.10. The maximum absolute atomic E-state index is 12.9. The van der Waals surface area contributed by atoms with E-state index >= 15 is 0 Å². The molecule has 2 aromatic carbocycles. The Bertz CT molecular complexity index is 1390. The number of halogens is 1. The van der Waals surface area contributed by atoms with Crippen molar-refractivity contribution in [3.63, 3.8) is 0 Å². The Hall–Kier alpha value is -2.16. The summed E-state index contributed by atoms with van der Waals surface area (Å²) in [5, 5.41) is 15.5. The molecule has 0 saturated carbocycles. The predicted octanol–water partition coefficient (Wildman–Crippen LogP) is 2.28. The van der Waals surface area contributed by atoms with Crippen LogP contribution in [0.15, 0.2) is 47.5 Å². The van der Waals surface area contributed by atoms with E-state index in [2.05, 4.69) is 27.8 Å². The number of fused-ring (bicyclic) bond motifs is 1. The number of aliphatic hydroxyl groups is 1. The van der Waals surface area contributed by atoms with Crippen LogP contribution in [0.3, 0.4) is 0 Å². The van der Waals surface area contributed by atoms with Crippen LogP contribution in [0, 0.1) is 0 Å². The molecule has 0 fully saturated rings. The number of nitrogens with one attached hydrogen (secondary N) is 2. The molecule has 1 aromatic heterocycles. The molecule has 8 nitrogen and oxygen atoms in total. The van der Waals surface area contributed by atoms with Gasteiger partial charge in [0.25, 0.3) is 0 Å². The van der Waals surface area contributed by atoms with Gasteiger partial charge in [0.15, 0.2) is 0 Å². The number of anilines is 2. The molecule has 0 saturated heterocycles. The molecule has 0 radical (unpaired) electrons. The Morgan fingerprint density at radius 2 is 1.89 bits per heavy atom.